The van der Waals surface area contributed by atoms with Gasteiger partial charge in [-0.3, -0.25) is 4.79 Å². The fourth-order valence-corrected chi connectivity index (χ4v) is 1.97. The van der Waals surface area contributed by atoms with Crippen molar-refractivity contribution in [2.45, 2.75) is 13.0 Å². The van der Waals surface area contributed by atoms with Gasteiger partial charge in [0.2, 0.25) is 0 Å². The van der Waals surface area contributed by atoms with E-state index < -0.39 is 30.4 Å². The van der Waals surface area contributed by atoms with Crippen molar-refractivity contribution in [2.24, 2.45) is 0 Å². The smallest absolute Gasteiger partial charge is 0.344 e. The molecule has 1 N–H and O–H groups in total. The van der Waals surface area contributed by atoms with Crippen LogP contribution in [0.5, 0.6) is 11.5 Å². The summed E-state index contributed by atoms with van der Waals surface area (Å²) in [5.74, 6) is -1.48. The van der Waals surface area contributed by atoms with Crippen molar-refractivity contribution < 1.29 is 28.2 Å². The summed E-state index contributed by atoms with van der Waals surface area (Å²) >= 11 is 0. The maximum absolute atomic E-state index is 13.4. The molecule has 25 heavy (non-hydrogen) atoms. The first-order chi connectivity index (χ1) is 12.0. The molecule has 2 rings (SSSR count). The standard InChI is InChI=1S/C18H18FNO5/c1-12(18(22)20-14-8-4-6-10-16(14)23-2)25-17(21)11-24-15-9-5-3-7-13(15)19/h3-10,12H,11H2,1-2H3,(H,20,22)/t12-/m0/s1. The van der Waals surface area contributed by atoms with E-state index in [0.29, 0.717) is 11.4 Å². The number of hydrogen-bond acceptors (Lipinski definition) is 5. The van der Waals surface area contributed by atoms with E-state index in [1.54, 1.807) is 30.3 Å². The van der Waals surface area contributed by atoms with Gasteiger partial charge in [0.1, 0.15) is 5.75 Å². The van der Waals surface area contributed by atoms with Crippen LogP contribution in [0, 0.1) is 5.82 Å². The highest BCUT2D eigenvalue weighted by molar-refractivity contribution is 5.96. The Labute approximate surface area is 144 Å². The predicted octanol–water partition coefficient (Wildman–Crippen LogP) is 2.78. The Morgan fingerprint density at radius 1 is 1.08 bits per heavy atom. The Morgan fingerprint density at radius 3 is 2.40 bits per heavy atom. The van der Waals surface area contributed by atoms with E-state index in [2.05, 4.69) is 5.32 Å². The SMILES string of the molecule is COc1ccccc1NC(=O)[C@H](C)OC(=O)COc1ccccc1F. The Hall–Kier alpha value is -3.09. The number of carbonyl (C=O) groups is 2. The second kappa shape index (κ2) is 8.68. The van der Waals surface area contributed by atoms with Crippen molar-refractivity contribution in [2.75, 3.05) is 19.0 Å². The average Bonchev–Trinajstić information content (AvgIpc) is 2.61. The van der Waals surface area contributed by atoms with Crippen LogP contribution in [0.4, 0.5) is 10.1 Å². The predicted molar refractivity (Wildman–Crippen MR) is 89.1 cm³/mol. The van der Waals surface area contributed by atoms with Gasteiger partial charge in [-0.1, -0.05) is 24.3 Å². The van der Waals surface area contributed by atoms with E-state index in [1.165, 1.54) is 32.2 Å². The van der Waals surface area contributed by atoms with Crippen molar-refractivity contribution in [3.8, 4) is 11.5 Å². The molecular weight excluding hydrogens is 329 g/mol. The molecule has 0 unspecified atom stereocenters. The number of anilines is 1. The van der Waals surface area contributed by atoms with Crippen LogP contribution in [0.15, 0.2) is 48.5 Å². The summed E-state index contributed by atoms with van der Waals surface area (Å²) < 4.78 is 28.5. The van der Waals surface area contributed by atoms with Crippen LogP contribution < -0.4 is 14.8 Å². The quantitative estimate of drug-likeness (QED) is 0.780. The molecule has 2 aromatic carbocycles. The van der Waals surface area contributed by atoms with E-state index in [1.807, 2.05) is 0 Å². The number of ether oxygens (including phenoxy) is 3. The molecule has 0 aliphatic rings. The molecule has 0 heterocycles. The molecule has 0 saturated heterocycles. The number of benzene rings is 2. The molecule has 1 atom stereocenters. The summed E-state index contributed by atoms with van der Waals surface area (Å²) in [5, 5.41) is 2.61. The number of amides is 1. The van der Waals surface area contributed by atoms with Crippen LogP contribution in [0.1, 0.15) is 6.92 Å². The third kappa shape index (κ3) is 5.20. The number of hydrogen-bond donors (Lipinski definition) is 1. The molecule has 0 saturated carbocycles. The van der Waals surface area contributed by atoms with Crippen LogP contribution in [0.25, 0.3) is 0 Å². The Balaban J connectivity index is 1.86. The number of halogens is 1. The molecule has 0 fully saturated rings. The van der Waals surface area contributed by atoms with E-state index in [0.717, 1.165) is 0 Å². The van der Waals surface area contributed by atoms with Gasteiger partial charge in [0, 0.05) is 0 Å². The number of rotatable bonds is 7. The third-order valence-electron chi connectivity index (χ3n) is 3.22. The summed E-state index contributed by atoms with van der Waals surface area (Å²) in [5.41, 5.74) is 0.459. The molecule has 0 aromatic heterocycles. The van der Waals surface area contributed by atoms with Gasteiger partial charge in [-0.05, 0) is 31.2 Å². The van der Waals surface area contributed by atoms with E-state index >= 15 is 0 Å². The van der Waals surface area contributed by atoms with Gasteiger partial charge in [0.15, 0.2) is 24.3 Å². The molecule has 6 nitrogen and oxygen atoms in total. The highest BCUT2D eigenvalue weighted by Gasteiger charge is 2.19. The largest absolute Gasteiger partial charge is 0.495 e. The third-order valence-corrected chi connectivity index (χ3v) is 3.22. The summed E-state index contributed by atoms with van der Waals surface area (Å²) in [7, 11) is 1.48. The van der Waals surface area contributed by atoms with Crippen LogP contribution in [-0.4, -0.2) is 31.7 Å². The van der Waals surface area contributed by atoms with Gasteiger partial charge >= 0.3 is 5.97 Å². The summed E-state index contributed by atoms with van der Waals surface area (Å²) in [6, 6.07) is 12.5. The Kier molecular flexibility index (Phi) is 6.33. The molecule has 7 heteroatoms. The molecule has 2 aromatic rings. The maximum atomic E-state index is 13.4. The Morgan fingerprint density at radius 2 is 1.72 bits per heavy atom. The maximum Gasteiger partial charge on any atom is 0.344 e. The monoisotopic (exact) mass is 347 g/mol. The van der Waals surface area contributed by atoms with E-state index in [-0.39, 0.29) is 5.75 Å². The zero-order chi connectivity index (χ0) is 18.2. The van der Waals surface area contributed by atoms with E-state index in [9.17, 15) is 14.0 Å². The molecule has 1 amide bonds. The van der Waals surface area contributed by atoms with Crippen LogP contribution in [0.2, 0.25) is 0 Å². The molecule has 0 aliphatic carbocycles. The van der Waals surface area contributed by atoms with Gasteiger partial charge in [-0.25, -0.2) is 9.18 Å². The van der Waals surface area contributed by atoms with Crippen LogP contribution >= 0.6 is 0 Å². The summed E-state index contributed by atoms with van der Waals surface area (Å²) in [4.78, 5) is 23.8. The fraction of sp³-hybridized carbons (Fsp3) is 0.222. The Bertz CT molecular complexity index is 750. The number of esters is 1. The normalized spacial score (nSPS) is 11.3. The van der Waals surface area contributed by atoms with Gasteiger partial charge in [-0.15, -0.1) is 0 Å². The molecule has 0 aliphatic heterocycles. The zero-order valence-electron chi connectivity index (χ0n) is 13.8. The topological polar surface area (TPSA) is 73.9 Å². The minimum atomic E-state index is -1.05. The second-order valence-electron chi connectivity index (χ2n) is 5.04. The van der Waals surface area contributed by atoms with Crippen LogP contribution in [0.3, 0.4) is 0 Å². The van der Waals surface area contributed by atoms with Gasteiger partial charge < -0.3 is 19.5 Å². The zero-order valence-corrected chi connectivity index (χ0v) is 13.8. The second-order valence-corrected chi connectivity index (χ2v) is 5.04. The molecule has 0 spiro atoms. The molecular formula is C18H18FNO5. The van der Waals surface area contributed by atoms with Crippen molar-refractivity contribution in [1.29, 1.82) is 0 Å². The summed E-state index contributed by atoms with van der Waals surface area (Å²) in [6.45, 7) is 0.916. The highest BCUT2D eigenvalue weighted by Crippen LogP contribution is 2.23. The lowest BCUT2D eigenvalue weighted by atomic mass is 10.2. The lowest BCUT2D eigenvalue weighted by molar-refractivity contribution is -0.155. The van der Waals surface area contributed by atoms with Crippen LogP contribution in [-0.2, 0) is 14.3 Å². The number of nitrogens with one attached hydrogen (secondary N) is 1. The summed E-state index contributed by atoms with van der Waals surface area (Å²) in [6.07, 6.45) is -1.05. The number of para-hydroxylation sites is 3. The molecule has 132 valence electrons. The first-order valence-electron chi connectivity index (χ1n) is 7.52. The van der Waals surface area contributed by atoms with Gasteiger partial charge in [0.25, 0.3) is 5.91 Å². The first kappa shape index (κ1) is 18.3. The molecule has 0 radical (unpaired) electrons. The number of methoxy groups -OCH3 is 1. The van der Waals surface area contributed by atoms with E-state index in [4.69, 9.17) is 14.2 Å². The van der Waals surface area contributed by atoms with Crippen molar-refractivity contribution in [3.63, 3.8) is 0 Å². The fourth-order valence-electron chi connectivity index (χ4n) is 1.97. The van der Waals surface area contributed by atoms with Crippen molar-refractivity contribution >= 4 is 17.6 Å². The van der Waals surface area contributed by atoms with Gasteiger partial charge in [-0.2, -0.15) is 0 Å². The van der Waals surface area contributed by atoms with Crippen molar-refractivity contribution in [1.82, 2.24) is 0 Å². The highest BCUT2D eigenvalue weighted by atomic mass is 19.1. The average molecular weight is 347 g/mol. The minimum Gasteiger partial charge on any atom is -0.495 e. The number of carbonyl (C=O) groups excluding carboxylic acids is 2. The van der Waals surface area contributed by atoms with Gasteiger partial charge in [0.05, 0.1) is 12.8 Å². The molecule has 0 bridgehead atoms. The lowest BCUT2D eigenvalue weighted by Gasteiger charge is -2.15. The van der Waals surface area contributed by atoms with Crippen molar-refractivity contribution in [3.05, 3.63) is 54.3 Å². The minimum absolute atomic E-state index is 0.0643. The lowest BCUT2D eigenvalue weighted by Crippen LogP contribution is -2.31. The first-order valence-corrected chi connectivity index (χ1v) is 7.52.